The molecule has 0 unspecified atom stereocenters. The number of piperazine rings is 1. The number of carbonyl (C=O) groups is 1. The Morgan fingerprint density at radius 1 is 1.19 bits per heavy atom. The summed E-state index contributed by atoms with van der Waals surface area (Å²) < 4.78 is 5.40. The Balaban J connectivity index is 1.57. The van der Waals surface area contributed by atoms with Crippen LogP contribution in [0, 0.1) is 6.92 Å². The number of carbonyl (C=O) groups excluding carboxylic acids is 1. The number of amides is 2. The highest BCUT2D eigenvalue weighted by atomic mass is 16.5. The highest BCUT2D eigenvalue weighted by Gasteiger charge is 2.30. The molecule has 1 saturated heterocycles. The molecule has 31 heavy (non-hydrogen) atoms. The van der Waals surface area contributed by atoms with Gasteiger partial charge in [-0.05, 0) is 51.3 Å². The number of hydrogen-bond acceptors (Lipinski definition) is 5. The van der Waals surface area contributed by atoms with Crippen molar-refractivity contribution in [2.75, 3.05) is 38.2 Å². The van der Waals surface area contributed by atoms with Crippen LogP contribution < -0.4 is 15.0 Å². The number of urea groups is 1. The fourth-order valence-corrected chi connectivity index (χ4v) is 4.04. The zero-order chi connectivity index (χ0) is 22.0. The van der Waals surface area contributed by atoms with Gasteiger partial charge < -0.3 is 19.9 Å². The van der Waals surface area contributed by atoms with E-state index in [4.69, 9.17) is 14.7 Å². The number of nitrogens with zero attached hydrogens (tertiary/aromatic N) is 4. The van der Waals surface area contributed by atoms with Crippen LogP contribution in [-0.4, -0.2) is 60.2 Å². The maximum absolute atomic E-state index is 12.4. The number of nitrogens with one attached hydrogen (secondary N) is 1. The highest BCUT2D eigenvalue weighted by molar-refractivity contribution is 5.74. The van der Waals surface area contributed by atoms with Gasteiger partial charge in [-0.3, -0.25) is 0 Å². The molecule has 1 aliphatic heterocycles. The summed E-state index contributed by atoms with van der Waals surface area (Å²) in [4.78, 5) is 26.5. The minimum absolute atomic E-state index is 0.0174. The van der Waals surface area contributed by atoms with Crippen molar-refractivity contribution in [2.45, 2.75) is 52.0 Å². The number of benzene rings is 1. The monoisotopic (exact) mass is 423 g/mol. The van der Waals surface area contributed by atoms with E-state index in [0.717, 1.165) is 48.2 Å². The fraction of sp³-hybridized carbons (Fsp3) is 0.542. The lowest BCUT2D eigenvalue weighted by Gasteiger charge is -2.37. The molecule has 1 aromatic carbocycles. The standard InChI is InChI=1S/C24H33N5O2/c1-16(2)25-24(30)29-12-10-28(11-13-29)23-21(15-18-6-5-7-20(14-18)31-4)17(3)26-22(27-23)19-8-9-19/h5-7,14,16,19H,8-13,15H2,1-4H3,(H,25,30). The lowest BCUT2D eigenvalue weighted by Crippen LogP contribution is -2.53. The normalized spacial score (nSPS) is 16.5. The molecule has 2 amide bonds. The molecule has 0 radical (unpaired) electrons. The Morgan fingerprint density at radius 2 is 1.94 bits per heavy atom. The third kappa shape index (κ3) is 5.09. The third-order valence-electron chi connectivity index (χ3n) is 5.95. The first-order valence-corrected chi connectivity index (χ1v) is 11.3. The van der Waals surface area contributed by atoms with Gasteiger partial charge in [0.15, 0.2) is 0 Å². The Morgan fingerprint density at radius 3 is 2.58 bits per heavy atom. The minimum Gasteiger partial charge on any atom is -0.497 e. The van der Waals surface area contributed by atoms with Gasteiger partial charge in [-0.15, -0.1) is 0 Å². The van der Waals surface area contributed by atoms with Crippen molar-refractivity contribution in [1.29, 1.82) is 0 Å². The molecular weight excluding hydrogens is 390 g/mol. The highest BCUT2D eigenvalue weighted by Crippen LogP contribution is 2.39. The maximum Gasteiger partial charge on any atom is 0.317 e. The van der Waals surface area contributed by atoms with Crippen LogP contribution in [0.15, 0.2) is 24.3 Å². The second kappa shape index (κ2) is 9.12. The Labute approximate surface area is 184 Å². The van der Waals surface area contributed by atoms with Gasteiger partial charge >= 0.3 is 6.03 Å². The molecule has 0 atom stereocenters. The van der Waals surface area contributed by atoms with Crippen molar-refractivity contribution in [3.8, 4) is 5.75 Å². The molecule has 1 aromatic heterocycles. The SMILES string of the molecule is COc1cccc(Cc2c(C)nc(C3CC3)nc2N2CCN(C(=O)NC(C)C)CC2)c1. The van der Waals surface area contributed by atoms with Crippen molar-refractivity contribution < 1.29 is 9.53 Å². The molecule has 4 rings (SSSR count). The van der Waals surface area contributed by atoms with Crippen LogP contribution >= 0.6 is 0 Å². The summed E-state index contributed by atoms with van der Waals surface area (Å²) in [6.07, 6.45) is 3.12. The average Bonchev–Trinajstić information content (AvgIpc) is 3.60. The van der Waals surface area contributed by atoms with Crippen molar-refractivity contribution in [1.82, 2.24) is 20.2 Å². The number of ether oxygens (including phenoxy) is 1. The third-order valence-corrected chi connectivity index (χ3v) is 5.95. The largest absolute Gasteiger partial charge is 0.497 e. The number of anilines is 1. The zero-order valence-corrected chi connectivity index (χ0v) is 19.0. The summed E-state index contributed by atoms with van der Waals surface area (Å²) in [7, 11) is 1.69. The maximum atomic E-state index is 12.4. The zero-order valence-electron chi connectivity index (χ0n) is 19.0. The van der Waals surface area contributed by atoms with Crippen molar-refractivity contribution in [3.63, 3.8) is 0 Å². The summed E-state index contributed by atoms with van der Waals surface area (Å²) in [5, 5.41) is 2.99. The van der Waals surface area contributed by atoms with Crippen LogP contribution in [0.3, 0.4) is 0 Å². The van der Waals surface area contributed by atoms with Gasteiger partial charge in [-0.25, -0.2) is 14.8 Å². The first-order chi connectivity index (χ1) is 14.9. The lowest BCUT2D eigenvalue weighted by molar-refractivity contribution is 0.191. The van der Waals surface area contributed by atoms with Crippen LogP contribution in [0.4, 0.5) is 10.6 Å². The molecule has 2 aliphatic rings. The number of aryl methyl sites for hydroxylation is 1. The van der Waals surface area contributed by atoms with E-state index in [1.54, 1.807) is 7.11 Å². The van der Waals surface area contributed by atoms with Crippen molar-refractivity contribution >= 4 is 11.8 Å². The van der Waals surface area contributed by atoms with Crippen LogP contribution in [0.5, 0.6) is 5.75 Å². The van der Waals surface area contributed by atoms with Crippen LogP contribution in [0.2, 0.25) is 0 Å². The predicted molar refractivity (Wildman–Crippen MR) is 122 cm³/mol. The van der Waals surface area contributed by atoms with E-state index in [9.17, 15) is 4.79 Å². The van der Waals surface area contributed by atoms with Crippen LogP contribution in [0.1, 0.15) is 55.3 Å². The molecule has 166 valence electrons. The predicted octanol–water partition coefficient (Wildman–Crippen LogP) is 3.50. The smallest absolute Gasteiger partial charge is 0.317 e. The topological polar surface area (TPSA) is 70.6 Å². The minimum atomic E-state index is 0.0174. The molecule has 2 aromatic rings. The number of rotatable bonds is 6. The van der Waals surface area contributed by atoms with Crippen molar-refractivity contribution in [2.24, 2.45) is 0 Å². The van der Waals surface area contributed by atoms with E-state index < -0.39 is 0 Å². The van der Waals surface area contributed by atoms with E-state index in [0.29, 0.717) is 19.0 Å². The summed E-state index contributed by atoms with van der Waals surface area (Å²) >= 11 is 0. The first kappa shape index (κ1) is 21.4. The average molecular weight is 424 g/mol. The van der Waals surface area contributed by atoms with Gasteiger partial charge in [-0.1, -0.05) is 12.1 Å². The van der Waals surface area contributed by atoms with Crippen molar-refractivity contribution in [3.05, 3.63) is 46.9 Å². The summed E-state index contributed by atoms with van der Waals surface area (Å²) in [6, 6.07) is 8.34. The number of methoxy groups -OCH3 is 1. The van der Waals surface area contributed by atoms with E-state index >= 15 is 0 Å². The second-order valence-corrected chi connectivity index (χ2v) is 8.85. The molecule has 7 heteroatoms. The molecule has 2 fully saturated rings. The van der Waals surface area contributed by atoms with Gasteiger partial charge in [0.1, 0.15) is 17.4 Å². The summed E-state index contributed by atoms with van der Waals surface area (Å²) in [5.41, 5.74) is 3.40. The first-order valence-electron chi connectivity index (χ1n) is 11.3. The van der Waals surface area contributed by atoms with Crippen LogP contribution in [0.25, 0.3) is 0 Å². The number of hydrogen-bond donors (Lipinski definition) is 1. The molecule has 1 saturated carbocycles. The Kier molecular flexibility index (Phi) is 6.30. The molecule has 1 aliphatic carbocycles. The van der Waals surface area contributed by atoms with Gasteiger partial charge in [0, 0.05) is 55.8 Å². The summed E-state index contributed by atoms with van der Waals surface area (Å²) in [5.74, 6) is 3.36. The van der Waals surface area contributed by atoms with E-state index in [1.807, 2.05) is 30.9 Å². The molecule has 0 spiro atoms. The lowest BCUT2D eigenvalue weighted by atomic mass is 10.0. The van der Waals surface area contributed by atoms with Gasteiger partial charge in [0.05, 0.1) is 7.11 Å². The van der Waals surface area contributed by atoms with Gasteiger partial charge in [0.25, 0.3) is 0 Å². The molecule has 7 nitrogen and oxygen atoms in total. The molecular formula is C24H33N5O2. The van der Waals surface area contributed by atoms with Crippen LogP contribution in [-0.2, 0) is 6.42 Å². The Hall–Kier alpha value is -2.83. The molecule has 2 heterocycles. The Bertz CT molecular complexity index is 934. The van der Waals surface area contributed by atoms with Gasteiger partial charge in [-0.2, -0.15) is 0 Å². The van der Waals surface area contributed by atoms with E-state index in [1.165, 1.54) is 18.4 Å². The van der Waals surface area contributed by atoms with E-state index in [-0.39, 0.29) is 12.1 Å². The molecule has 1 N–H and O–H groups in total. The second-order valence-electron chi connectivity index (χ2n) is 8.85. The number of aromatic nitrogens is 2. The van der Waals surface area contributed by atoms with E-state index in [2.05, 4.69) is 29.3 Å². The summed E-state index contributed by atoms with van der Waals surface area (Å²) in [6.45, 7) is 9.01. The quantitative estimate of drug-likeness (QED) is 0.770. The molecule has 0 bridgehead atoms. The van der Waals surface area contributed by atoms with Gasteiger partial charge in [0.2, 0.25) is 0 Å². The fourth-order valence-electron chi connectivity index (χ4n) is 4.04.